The van der Waals surface area contributed by atoms with Crippen molar-refractivity contribution >= 4 is 17.3 Å². The van der Waals surface area contributed by atoms with Crippen molar-refractivity contribution in [2.24, 2.45) is 5.18 Å². The van der Waals surface area contributed by atoms with Crippen molar-refractivity contribution in [1.29, 1.82) is 0 Å². The van der Waals surface area contributed by atoms with Crippen molar-refractivity contribution in [1.82, 2.24) is 0 Å². The van der Waals surface area contributed by atoms with Crippen molar-refractivity contribution < 1.29 is 9.53 Å². The molecule has 5 nitrogen and oxygen atoms in total. The third-order valence-electron chi connectivity index (χ3n) is 1.89. The number of rotatable bonds is 6. The summed E-state index contributed by atoms with van der Waals surface area (Å²) in [4.78, 5) is 21.6. The normalized spacial score (nSPS) is 9.56. The van der Waals surface area contributed by atoms with Crippen LogP contribution in [0, 0.1) is 4.91 Å². The highest BCUT2D eigenvalue weighted by Gasteiger charge is 2.05. The van der Waals surface area contributed by atoms with Gasteiger partial charge in [0, 0.05) is 0 Å². The van der Waals surface area contributed by atoms with E-state index in [2.05, 4.69) is 10.5 Å². The van der Waals surface area contributed by atoms with E-state index in [-0.39, 0.29) is 18.2 Å². The Morgan fingerprint density at radius 1 is 1.44 bits per heavy atom. The molecule has 0 spiro atoms. The summed E-state index contributed by atoms with van der Waals surface area (Å²) in [5.74, 6) is -0.345. The van der Waals surface area contributed by atoms with E-state index in [0.29, 0.717) is 12.3 Å². The van der Waals surface area contributed by atoms with Crippen LogP contribution in [0.25, 0.3) is 0 Å². The number of benzene rings is 1. The maximum Gasteiger partial charge on any atom is 0.325 e. The number of esters is 1. The molecule has 86 valence electrons. The SMILES string of the molecule is CCCOC(=O)CNc1ccccc1N=O. The fourth-order valence-electron chi connectivity index (χ4n) is 1.14. The predicted octanol–water partition coefficient (Wildman–Crippen LogP) is 2.45. The molecule has 0 unspecified atom stereocenters. The number of carbonyl (C=O) groups is 1. The van der Waals surface area contributed by atoms with Crippen LogP contribution in [0.1, 0.15) is 13.3 Å². The maximum atomic E-state index is 11.2. The van der Waals surface area contributed by atoms with E-state index < -0.39 is 0 Å². The molecular weight excluding hydrogens is 208 g/mol. The molecule has 0 bridgehead atoms. The van der Waals surface area contributed by atoms with E-state index in [0.717, 1.165) is 6.42 Å². The molecule has 0 amide bonds. The molecule has 1 rings (SSSR count). The molecule has 0 aliphatic heterocycles. The summed E-state index contributed by atoms with van der Waals surface area (Å²) in [6, 6.07) is 6.72. The van der Waals surface area contributed by atoms with E-state index in [1.165, 1.54) is 0 Å². The van der Waals surface area contributed by atoms with Crippen LogP contribution >= 0.6 is 0 Å². The van der Waals surface area contributed by atoms with Crippen molar-refractivity contribution in [2.75, 3.05) is 18.5 Å². The van der Waals surface area contributed by atoms with Crippen LogP contribution in [-0.2, 0) is 9.53 Å². The number of nitrogens with one attached hydrogen (secondary N) is 1. The molecule has 0 radical (unpaired) electrons. The van der Waals surface area contributed by atoms with Gasteiger partial charge in [-0.1, -0.05) is 19.1 Å². The van der Waals surface area contributed by atoms with Gasteiger partial charge in [0.1, 0.15) is 12.2 Å². The van der Waals surface area contributed by atoms with Crippen LogP contribution in [0.15, 0.2) is 29.4 Å². The van der Waals surface area contributed by atoms with Gasteiger partial charge < -0.3 is 10.1 Å². The van der Waals surface area contributed by atoms with Gasteiger partial charge in [-0.3, -0.25) is 4.79 Å². The summed E-state index contributed by atoms with van der Waals surface area (Å²) in [7, 11) is 0. The molecule has 5 heteroatoms. The highest BCUT2D eigenvalue weighted by Crippen LogP contribution is 2.23. The van der Waals surface area contributed by atoms with Crippen molar-refractivity contribution in [3.8, 4) is 0 Å². The minimum atomic E-state index is -0.345. The average molecular weight is 222 g/mol. The van der Waals surface area contributed by atoms with Crippen LogP contribution in [0.2, 0.25) is 0 Å². The zero-order valence-electron chi connectivity index (χ0n) is 9.10. The lowest BCUT2D eigenvalue weighted by Crippen LogP contribution is -2.17. The highest BCUT2D eigenvalue weighted by molar-refractivity contribution is 5.77. The van der Waals surface area contributed by atoms with Crippen molar-refractivity contribution in [3.05, 3.63) is 29.2 Å². The summed E-state index contributed by atoms with van der Waals surface area (Å²) >= 11 is 0. The number of nitrogens with zero attached hydrogens (tertiary/aromatic N) is 1. The number of anilines is 1. The Labute approximate surface area is 93.8 Å². The average Bonchev–Trinajstić information content (AvgIpc) is 2.34. The lowest BCUT2D eigenvalue weighted by molar-refractivity contribution is -0.141. The van der Waals surface area contributed by atoms with E-state index in [4.69, 9.17) is 4.74 Å². The Bertz CT molecular complexity index is 366. The Balaban J connectivity index is 2.47. The second-order valence-corrected chi connectivity index (χ2v) is 3.18. The van der Waals surface area contributed by atoms with Gasteiger partial charge in [0.2, 0.25) is 0 Å². The number of hydrogen-bond acceptors (Lipinski definition) is 5. The van der Waals surface area contributed by atoms with Crippen LogP contribution in [0.5, 0.6) is 0 Å². The fraction of sp³-hybridized carbons (Fsp3) is 0.364. The van der Waals surface area contributed by atoms with E-state index in [9.17, 15) is 9.70 Å². The number of hydrogen-bond donors (Lipinski definition) is 1. The van der Waals surface area contributed by atoms with Gasteiger partial charge >= 0.3 is 5.97 Å². The first-order valence-electron chi connectivity index (χ1n) is 5.09. The quantitative estimate of drug-likeness (QED) is 0.593. The maximum absolute atomic E-state index is 11.2. The fourth-order valence-corrected chi connectivity index (χ4v) is 1.14. The Kier molecular flexibility index (Phi) is 4.98. The second kappa shape index (κ2) is 6.55. The van der Waals surface area contributed by atoms with Gasteiger partial charge in [-0.2, -0.15) is 0 Å². The topological polar surface area (TPSA) is 67.8 Å². The van der Waals surface area contributed by atoms with E-state index >= 15 is 0 Å². The zero-order chi connectivity index (χ0) is 11.8. The number of nitroso groups, excluding NO2 is 1. The molecule has 1 N–H and O–H groups in total. The minimum absolute atomic E-state index is 0.0343. The molecule has 16 heavy (non-hydrogen) atoms. The molecule has 0 aliphatic rings. The first kappa shape index (κ1) is 12.2. The summed E-state index contributed by atoms with van der Waals surface area (Å²) in [5.41, 5.74) is 0.816. The molecule has 1 aromatic carbocycles. The third kappa shape index (κ3) is 3.68. The monoisotopic (exact) mass is 222 g/mol. The van der Waals surface area contributed by atoms with Gasteiger partial charge in [0.15, 0.2) is 0 Å². The summed E-state index contributed by atoms with van der Waals surface area (Å²) in [5, 5.41) is 5.65. The van der Waals surface area contributed by atoms with Gasteiger partial charge in [-0.05, 0) is 23.7 Å². The number of ether oxygens (including phenoxy) is 1. The zero-order valence-corrected chi connectivity index (χ0v) is 9.10. The Morgan fingerprint density at radius 3 is 2.88 bits per heavy atom. The summed E-state index contributed by atoms with van der Waals surface area (Å²) < 4.78 is 4.88. The molecule has 1 aromatic rings. The molecule has 0 saturated heterocycles. The standard InChI is InChI=1S/C11H14N2O3/c1-2-7-16-11(14)8-12-9-5-3-4-6-10(9)13-15/h3-6,12H,2,7-8H2,1H3. The van der Waals surface area contributed by atoms with Crippen LogP contribution in [0.4, 0.5) is 11.4 Å². The number of para-hydroxylation sites is 1. The van der Waals surface area contributed by atoms with Crippen molar-refractivity contribution in [3.63, 3.8) is 0 Å². The summed E-state index contributed by atoms with van der Waals surface area (Å²) in [6.45, 7) is 2.37. The lowest BCUT2D eigenvalue weighted by Gasteiger charge is -2.07. The van der Waals surface area contributed by atoms with Crippen LogP contribution in [0.3, 0.4) is 0 Å². The minimum Gasteiger partial charge on any atom is -0.464 e. The van der Waals surface area contributed by atoms with Gasteiger partial charge in [-0.15, -0.1) is 4.91 Å². The summed E-state index contributed by atoms with van der Waals surface area (Å²) in [6.07, 6.45) is 0.790. The van der Waals surface area contributed by atoms with Crippen LogP contribution < -0.4 is 5.32 Å². The molecule has 0 aromatic heterocycles. The molecule has 0 saturated carbocycles. The van der Waals surface area contributed by atoms with Crippen LogP contribution in [-0.4, -0.2) is 19.1 Å². The van der Waals surface area contributed by atoms with Gasteiger partial charge in [0.25, 0.3) is 0 Å². The first-order chi connectivity index (χ1) is 7.77. The predicted molar refractivity (Wildman–Crippen MR) is 61.6 cm³/mol. The Morgan fingerprint density at radius 2 is 2.19 bits per heavy atom. The van der Waals surface area contributed by atoms with Crippen molar-refractivity contribution in [2.45, 2.75) is 13.3 Å². The third-order valence-corrected chi connectivity index (χ3v) is 1.89. The van der Waals surface area contributed by atoms with Gasteiger partial charge in [-0.25, -0.2) is 0 Å². The van der Waals surface area contributed by atoms with E-state index in [1.54, 1.807) is 24.3 Å². The number of carbonyl (C=O) groups excluding carboxylic acids is 1. The molecule has 0 atom stereocenters. The first-order valence-corrected chi connectivity index (χ1v) is 5.09. The van der Waals surface area contributed by atoms with Gasteiger partial charge in [0.05, 0.1) is 12.3 Å². The smallest absolute Gasteiger partial charge is 0.325 e. The molecule has 0 fully saturated rings. The lowest BCUT2D eigenvalue weighted by atomic mass is 10.3. The second-order valence-electron chi connectivity index (χ2n) is 3.18. The highest BCUT2D eigenvalue weighted by atomic mass is 16.5. The van der Waals surface area contributed by atoms with E-state index in [1.807, 2.05) is 6.92 Å². The molecule has 0 heterocycles. The Hall–Kier alpha value is -1.91. The largest absolute Gasteiger partial charge is 0.464 e. The molecular formula is C11H14N2O3. The molecule has 0 aliphatic carbocycles.